The first kappa shape index (κ1) is 15.9. The van der Waals surface area contributed by atoms with Crippen molar-refractivity contribution in [1.29, 1.82) is 0 Å². The van der Waals surface area contributed by atoms with Crippen LogP contribution in [0.25, 0.3) is 0 Å². The number of hydrogen-bond donors (Lipinski definition) is 1. The zero-order valence-corrected chi connectivity index (χ0v) is 12.2. The molecule has 0 saturated heterocycles. The van der Waals surface area contributed by atoms with E-state index >= 15 is 0 Å². The Balaban J connectivity index is 2.33. The third kappa shape index (κ3) is 3.77. The van der Waals surface area contributed by atoms with Gasteiger partial charge >= 0.3 is 0 Å². The smallest absolute Gasteiger partial charge is 0.159 e. The van der Waals surface area contributed by atoms with Gasteiger partial charge < -0.3 is 5.32 Å². The fraction of sp³-hybridized carbons (Fsp3) is 0.250. The molecule has 0 amide bonds. The van der Waals surface area contributed by atoms with Crippen molar-refractivity contribution in [1.82, 2.24) is 5.32 Å². The number of benzene rings is 2. The third-order valence-corrected chi connectivity index (χ3v) is 3.55. The molecule has 0 aliphatic heterocycles. The van der Waals surface area contributed by atoms with Gasteiger partial charge in [-0.1, -0.05) is 30.7 Å². The summed E-state index contributed by atoms with van der Waals surface area (Å²) < 4.78 is 40.3. The lowest BCUT2D eigenvalue weighted by atomic mass is 9.98. The molecule has 0 heterocycles. The van der Waals surface area contributed by atoms with E-state index < -0.39 is 23.5 Å². The molecule has 1 nitrogen and oxygen atoms in total. The highest BCUT2D eigenvalue weighted by molar-refractivity contribution is 6.31. The van der Waals surface area contributed by atoms with Gasteiger partial charge in [-0.25, -0.2) is 13.2 Å². The first-order valence-corrected chi connectivity index (χ1v) is 7.02. The van der Waals surface area contributed by atoms with Crippen LogP contribution in [-0.4, -0.2) is 6.54 Å². The Bertz CT molecular complexity index is 611. The highest BCUT2D eigenvalue weighted by Crippen LogP contribution is 2.28. The lowest BCUT2D eigenvalue weighted by Crippen LogP contribution is -2.24. The van der Waals surface area contributed by atoms with Crippen molar-refractivity contribution in [3.05, 3.63) is 70.0 Å². The maximum atomic E-state index is 14.0. The molecule has 0 aliphatic carbocycles. The second-order valence-corrected chi connectivity index (χ2v) is 5.11. The van der Waals surface area contributed by atoms with Gasteiger partial charge in [0.05, 0.1) is 0 Å². The van der Waals surface area contributed by atoms with Crippen molar-refractivity contribution in [2.24, 2.45) is 0 Å². The van der Waals surface area contributed by atoms with Crippen LogP contribution >= 0.6 is 11.6 Å². The van der Waals surface area contributed by atoms with Crippen LogP contribution in [0.1, 0.15) is 24.1 Å². The maximum Gasteiger partial charge on any atom is 0.159 e. The van der Waals surface area contributed by atoms with E-state index in [9.17, 15) is 13.2 Å². The zero-order chi connectivity index (χ0) is 15.4. The van der Waals surface area contributed by atoms with E-state index in [0.29, 0.717) is 29.1 Å². The molecule has 2 rings (SSSR count). The van der Waals surface area contributed by atoms with Gasteiger partial charge in [-0.15, -0.1) is 0 Å². The van der Waals surface area contributed by atoms with Crippen LogP contribution in [0, 0.1) is 17.5 Å². The predicted octanol–water partition coefficient (Wildman–Crippen LogP) is 4.65. The van der Waals surface area contributed by atoms with Gasteiger partial charge in [0, 0.05) is 16.6 Å². The monoisotopic (exact) mass is 313 g/mol. The molecule has 0 bridgehead atoms. The molecular weight excluding hydrogens is 299 g/mol. The summed E-state index contributed by atoms with van der Waals surface area (Å²) in [6.45, 7) is 2.48. The van der Waals surface area contributed by atoms with Crippen molar-refractivity contribution in [2.45, 2.75) is 19.4 Å². The molecule has 21 heavy (non-hydrogen) atoms. The minimum absolute atomic E-state index is 0.309. The normalized spacial score (nSPS) is 12.4. The quantitative estimate of drug-likeness (QED) is 0.847. The highest BCUT2D eigenvalue weighted by atomic mass is 35.5. The van der Waals surface area contributed by atoms with Gasteiger partial charge in [-0.05, 0) is 42.8 Å². The number of hydrogen-bond acceptors (Lipinski definition) is 1. The predicted molar refractivity (Wildman–Crippen MR) is 77.9 cm³/mol. The Morgan fingerprint density at radius 1 is 1.05 bits per heavy atom. The average molecular weight is 314 g/mol. The van der Waals surface area contributed by atoms with E-state index in [2.05, 4.69) is 5.32 Å². The summed E-state index contributed by atoms with van der Waals surface area (Å²) in [5.74, 6) is -2.24. The fourth-order valence-electron chi connectivity index (χ4n) is 2.27. The van der Waals surface area contributed by atoms with Crippen molar-refractivity contribution in [3.8, 4) is 0 Å². The summed E-state index contributed by atoms with van der Waals surface area (Å²) in [6.07, 6.45) is 0.311. The van der Waals surface area contributed by atoms with Crippen molar-refractivity contribution in [3.63, 3.8) is 0 Å². The minimum Gasteiger partial charge on any atom is -0.310 e. The maximum absolute atomic E-state index is 14.0. The number of halogens is 4. The molecule has 5 heteroatoms. The van der Waals surface area contributed by atoms with Gasteiger partial charge in [-0.2, -0.15) is 0 Å². The van der Waals surface area contributed by atoms with E-state index in [0.717, 1.165) is 12.1 Å². The second-order valence-electron chi connectivity index (χ2n) is 4.70. The summed E-state index contributed by atoms with van der Waals surface area (Å²) in [6, 6.07) is 7.73. The van der Waals surface area contributed by atoms with Crippen LogP contribution in [-0.2, 0) is 6.42 Å². The fourth-order valence-corrected chi connectivity index (χ4v) is 2.56. The lowest BCUT2D eigenvalue weighted by molar-refractivity contribution is 0.495. The Hall–Kier alpha value is -1.52. The minimum atomic E-state index is -0.914. The average Bonchev–Trinajstić information content (AvgIpc) is 2.43. The summed E-state index contributed by atoms with van der Waals surface area (Å²) in [4.78, 5) is 0. The Kier molecular flexibility index (Phi) is 5.26. The molecule has 1 unspecified atom stereocenters. The van der Waals surface area contributed by atoms with Gasteiger partial charge in [0.1, 0.15) is 5.82 Å². The Morgan fingerprint density at radius 2 is 1.81 bits per heavy atom. The van der Waals surface area contributed by atoms with Gasteiger partial charge in [0.2, 0.25) is 0 Å². The SMILES string of the molecule is CCNC(Cc1ccc(F)c(F)c1)c1c(F)cccc1Cl. The topological polar surface area (TPSA) is 12.0 Å². The standard InChI is InChI=1S/C16H15ClF3N/c1-2-21-15(16-11(17)4-3-5-13(16)19)9-10-6-7-12(18)14(20)8-10/h3-8,15,21H,2,9H2,1H3. The van der Waals surface area contributed by atoms with Gasteiger partial charge in [0.25, 0.3) is 0 Å². The van der Waals surface area contributed by atoms with Crippen molar-refractivity contribution < 1.29 is 13.2 Å². The second kappa shape index (κ2) is 6.96. The molecule has 0 aromatic heterocycles. The van der Waals surface area contributed by atoms with E-state index in [4.69, 9.17) is 11.6 Å². The first-order chi connectivity index (χ1) is 10.0. The zero-order valence-electron chi connectivity index (χ0n) is 11.5. The molecule has 0 radical (unpaired) electrons. The van der Waals surface area contributed by atoms with Crippen LogP contribution in [0.4, 0.5) is 13.2 Å². The van der Waals surface area contributed by atoms with Crippen LogP contribution in [0.5, 0.6) is 0 Å². The number of likely N-dealkylation sites (N-methyl/N-ethyl adjacent to an activating group) is 1. The summed E-state index contributed by atoms with van der Waals surface area (Å²) >= 11 is 6.07. The van der Waals surface area contributed by atoms with E-state index in [1.165, 1.54) is 18.2 Å². The Labute approximate surface area is 126 Å². The lowest BCUT2D eigenvalue weighted by Gasteiger charge is -2.20. The molecule has 2 aromatic rings. The van der Waals surface area contributed by atoms with E-state index in [1.807, 2.05) is 6.92 Å². The largest absolute Gasteiger partial charge is 0.310 e. The van der Waals surface area contributed by atoms with E-state index in [-0.39, 0.29) is 0 Å². The molecule has 2 aromatic carbocycles. The molecule has 0 saturated carbocycles. The summed E-state index contributed by atoms with van der Waals surface area (Å²) in [5, 5.41) is 3.43. The highest BCUT2D eigenvalue weighted by Gasteiger charge is 2.19. The molecule has 112 valence electrons. The summed E-state index contributed by atoms with van der Waals surface area (Å²) in [5.41, 5.74) is 0.907. The molecular formula is C16H15ClF3N. The molecule has 1 N–H and O–H groups in total. The van der Waals surface area contributed by atoms with Gasteiger partial charge in [-0.3, -0.25) is 0 Å². The first-order valence-electron chi connectivity index (χ1n) is 6.64. The molecule has 0 aliphatic rings. The molecule has 1 atom stereocenters. The number of nitrogens with one attached hydrogen (secondary N) is 1. The van der Waals surface area contributed by atoms with Crippen molar-refractivity contribution in [2.75, 3.05) is 6.54 Å². The van der Waals surface area contributed by atoms with Gasteiger partial charge in [0.15, 0.2) is 11.6 Å². The van der Waals surface area contributed by atoms with Crippen LogP contribution in [0.3, 0.4) is 0 Å². The van der Waals surface area contributed by atoms with Crippen LogP contribution in [0.15, 0.2) is 36.4 Å². The third-order valence-electron chi connectivity index (χ3n) is 3.22. The number of rotatable bonds is 5. The molecule has 0 spiro atoms. The van der Waals surface area contributed by atoms with Crippen LogP contribution < -0.4 is 5.32 Å². The summed E-state index contributed by atoms with van der Waals surface area (Å²) in [7, 11) is 0. The van der Waals surface area contributed by atoms with E-state index in [1.54, 1.807) is 6.07 Å². The van der Waals surface area contributed by atoms with Crippen molar-refractivity contribution >= 4 is 11.6 Å². The van der Waals surface area contributed by atoms with Crippen LogP contribution in [0.2, 0.25) is 5.02 Å². The Morgan fingerprint density at radius 3 is 2.43 bits per heavy atom. The molecule has 0 fully saturated rings.